The Kier molecular flexibility index (Phi) is 4.52. The van der Waals surface area contributed by atoms with Gasteiger partial charge in [-0.05, 0) is 43.2 Å². The molecule has 1 fully saturated rings. The van der Waals surface area contributed by atoms with Crippen molar-refractivity contribution in [3.8, 4) is 11.5 Å². The van der Waals surface area contributed by atoms with Crippen LogP contribution in [0, 0.1) is 5.92 Å². The molecule has 1 aliphatic heterocycles. The summed E-state index contributed by atoms with van der Waals surface area (Å²) in [7, 11) is 2.12. The summed E-state index contributed by atoms with van der Waals surface area (Å²) in [5.41, 5.74) is 1.76. The van der Waals surface area contributed by atoms with Gasteiger partial charge in [0.1, 0.15) is 5.69 Å². The second-order valence-corrected chi connectivity index (χ2v) is 5.53. The Morgan fingerprint density at radius 2 is 2.38 bits per heavy atom. The number of tetrazole rings is 1. The van der Waals surface area contributed by atoms with Crippen LogP contribution in [-0.4, -0.2) is 57.3 Å². The highest BCUT2D eigenvalue weighted by molar-refractivity contribution is 5.47. The first-order chi connectivity index (χ1) is 10.3. The summed E-state index contributed by atoms with van der Waals surface area (Å²) in [5, 5.41) is 13.9. The van der Waals surface area contributed by atoms with Crippen molar-refractivity contribution in [2.24, 2.45) is 5.92 Å². The van der Waals surface area contributed by atoms with Crippen molar-refractivity contribution >= 4 is 0 Å². The second-order valence-electron chi connectivity index (χ2n) is 5.53. The average Bonchev–Trinajstić information content (AvgIpc) is 3.02. The standard InChI is InChI=1S/C14H20N6O/c1-20(8-11-4-3-7-21-10-11)9-12-5-2-6-13(15-12)14-16-18-19-17-14/h2,5-6,11H,3-4,7-10H2,1H3,(H,16,17,18,19). The van der Waals surface area contributed by atoms with E-state index in [1.807, 2.05) is 18.2 Å². The highest BCUT2D eigenvalue weighted by Crippen LogP contribution is 2.16. The first kappa shape index (κ1) is 14.1. The van der Waals surface area contributed by atoms with Crippen molar-refractivity contribution in [2.45, 2.75) is 19.4 Å². The van der Waals surface area contributed by atoms with Gasteiger partial charge < -0.3 is 9.64 Å². The van der Waals surface area contributed by atoms with Crippen LogP contribution in [0.1, 0.15) is 18.5 Å². The van der Waals surface area contributed by atoms with Crippen LogP contribution in [0.3, 0.4) is 0 Å². The van der Waals surface area contributed by atoms with E-state index in [0.717, 1.165) is 37.7 Å². The summed E-state index contributed by atoms with van der Waals surface area (Å²) in [6.07, 6.45) is 2.42. The molecule has 0 amide bonds. The molecular formula is C14H20N6O. The number of nitrogens with zero attached hydrogens (tertiary/aromatic N) is 5. The van der Waals surface area contributed by atoms with Gasteiger partial charge in [-0.3, -0.25) is 0 Å². The summed E-state index contributed by atoms with van der Waals surface area (Å²) in [5.74, 6) is 1.16. The number of ether oxygens (including phenoxy) is 1. The molecule has 7 heteroatoms. The zero-order valence-corrected chi connectivity index (χ0v) is 12.2. The first-order valence-corrected chi connectivity index (χ1v) is 7.27. The molecule has 1 saturated heterocycles. The Morgan fingerprint density at radius 3 is 3.14 bits per heavy atom. The predicted octanol–water partition coefficient (Wildman–Crippen LogP) is 1.12. The van der Waals surface area contributed by atoms with Gasteiger partial charge in [-0.15, -0.1) is 10.2 Å². The number of rotatable bonds is 5. The molecule has 3 rings (SSSR count). The number of hydrogen-bond donors (Lipinski definition) is 1. The fraction of sp³-hybridized carbons (Fsp3) is 0.571. The monoisotopic (exact) mass is 288 g/mol. The van der Waals surface area contributed by atoms with Crippen LogP contribution in [0.5, 0.6) is 0 Å². The highest BCUT2D eigenvalue weighted by Gasteiger charge is 2.16. The van der Waals surface area contributed by atoms with Crippen LogP contribution in [0.15, 0.2) is 18.2 Å². The molecule has 0 saturated carbocycles. The highest BCUT2D eigenvalue weighted by atomic mass is 16.5. The summed E-state index contributed by atoms with van der Waals surface area (Å²) < 4.78 is 5.53. The number of pyridine rings is 1. The average molecular weight is 288 g/mol. The predicted molar refractivity (Wildman–Crippen MR) is 77.3 cm³/mol. The zero-order valence-electron chi connectivity index (χ0n) is 12.2. The van der Waals surface area contributed by atoms with E-state index < -0.39 is 0 Å². The van der Waals surface area contributed by atoms with Gasteiger partial charge in [-0.25, -0.2) is 4.98 Å². The molecule has 21 heavy (non-hydrogen) atoms. The molecule has 0 aromatic carbocycles. The molecule has 0 aliphatic carbocycles. The largest absolute Gasteiger partial charge is 0.381 e. The molecule has 3 heterocycles. The van der Waals surface area contributed by atoms with E-state index in [1.165, 1.54) is 12.8 Å². The van der Waals surface area contributed by atoms with Gasteiger partial charge in [0.05, 0.1) is 12.3 Å². The smallest absolute Gasteiger partial charge is 0.222 e. The normalized spacial score (nSPS) is 19.0. The van der Waals surface area contributed by atoms with Crippen LogP contribution in [-0.2, 0) is 11.3 Å². The van der Waals surface area contributed by atoms with Crippen molar-refractivity contribution in [3.63, 3.8) is 0 Å². The van der Waals surface area contributed by atoms with Crippen LogP contribution >= 0.6 is 0 Å². The van der Waals surface area contributed by atoms with Crippen molar-refractivity contribution in [3.05, 3.63) is 23.9 Å². The van der Waals surface area contributed by atoms with Gasteiger partial charge in [0.2, 0.25) is 5.82 Å². The Balaban J connectivity index is 1.60. The van der Waals surface area contributed by atoms with Crippen LogP contribution in [0.25, 0.3) is 11.5 Å². The Hall–Kier alpha value is -1.86. The van der Waals surface area contributed by atoms with Crippen molar-refractivity contribution < 1.29 is 4.74 Å². The van der Waals surface area contributed by atoms with E-state index >= 15 is 0 Å². The summed E-state index contributed by atoms with van der Waals surface area (Å²) in [4.78, 5) is 6.88. The van der Waals surface area contributed by atoms with Crippen LogP contribution in [0.4, 0.5) is 0 Å². The summed E-state index contributed by atoms with van der Waals surface area (Å²) in [6.45, 7) is 3.63. The van der Waals surface area contributed by atoms with Gasteiger partial charge in [0, 0.05) is 19.7 Å². The third-order valence-electron chi connectivity index (χ3n) is 3.64. The minimum atomic E-state index is 0.528. The van der Waals surface area contributed by atoms with Gasteiger partial charge in [-0.2, -0.15) is 5.21 Å². The maximum absolute atomic E-state index is 5.53. The molecule has 0 spiro atoms. The van der Waals surface area contributed by atoms with Crippen LogP contribution < -0.4 is 0 Å². The van der Waals surface area contributed by atoms with Crippen molar-refractivity contribution in [2.75, 3.05) is 26.8 Å². The fourth-order valence-electron chi connectivity index (χ4n) is 2.70. The Bertz CT molecular complexity index is 552. The summed E-state index contributed by atoms with van der Waals surface area (Å²) in [6, 6.07) is 5.90. The Labute approximate surface area is 123 Å². The lowest BCUT2D eigenvalue weighted by Crippen LogP contribution is -2.30. The van der Waals surface area contributed by atoms with Gasteiger partial charge in [0.15, 0.2) is 0 Å². The lowest BCUT2D eigenvalue weighted by atomic mass is 10.0. The molecule has 1 unspecified atom stereocenters. The van der Waals surface area contributed by atoms with Crippen LogP contribution in [0.2, 0.25) is 0 Å². The SMILES string of the molecule is CN(Cc1cccc(-c2nn[nH]n2)n1)CC1CCCOC1. The number of aromatic nitrogens is 5. The maximum atomic E-state index is 5.53. The minimum absolute atomic E-state index is 0.528. The zero-order chi connectivity index (χ0) is 14.5. The molecule has 1 aliphatic rings. The van der Waals surface area contributed by atoms with Gasteiger partial charge in [-0.1, -0.05) is 6.07 Å². The summed E-state index contributed by atoms with van der Waals surface area (Å²) >= 11 is 0. The van der Waals surface area contributed by atoms with E-state index in [4.69, 9.17) is 4.74 Å². The molecule has 1 atom stereocenters. The minimum Gasteiger partial charge on any atom is -0.381 e. The molecule has 0 radical (unpaired) electrons. The maximum Gasteiger partial charge on any atom is 0.222 e. The van der Waals surface area contributed by atoms with E-state index in [1.54, 1.807) is 0 Å². The number of hydrogen-bond acceptors (Lipinski definition) is 6. The molecule has 1 N–H and O–H groups in total. The fourth-order valence-corrected chi connectivity index (χ4v) is 2.70. The van der Waals surface area contributed by atoms with Gasteiger partial charge in [0.25, 0.3) is 0 Å². The lowest BCUT2D eigenvalue weighted by molar-refractivity contribution is 0.0410. The molecule has 7 nitrogen and oxygen atoms in total. The molecule has 0 bridgehead atoms. The lowest BCUT2D eigenvalue weighted by Gasteiger charge is -2.26. The molecule has 2 aromatic heterocycles. The number of H-pyrrole nitrogens is 1. The molecular weight excluding hydrogens is 268 g/mol. The number of aromatic amines is 1. The Morgan fingerprint density at radius 1 is 1.43 bits per heavy atom. The third-order valence-corrected chi connectivity index (χ3v) is 3.64. The second kappa shape index (κ2) is 6.73. The third kappa shape index (κ3) is 3.83. The van der Waals surface area contributed by atoms with Crippen molar-refractivity contribution in [1.29, 1.82) is 0 Å². The number of nitrogens with one attached hydrogen (secondary N) is 1. The van der Waals surface area contributed by atoms with E-state index in [0.29, 0.717) is 11.7 Å². The molecule has 112 valence electrons. The van der Waals surface area contributed by atoms with E-state index in [-0.39, 0.29) is 0 Å². The van der Waals surface area contributed by atoms with Crippen molar-refractivity contribution in [1.82, 2.24) is 30.5 Å². The first-order valence-electron chi connectivity index (χ1n) is 7.27. The topological polar surface area (TPSA) is 79.8 Å². The van der Waals surface area contributed by atoms with Gasteiger partial charge >= 0.3 is 0 Å². The van der Waals surface area contributed by atoms with E-state index in [2.05, 4.69) is 37.6 Å². The quantitative estimate of drug-likeness (QED) is 0.888. The van der Waals surface area contributed by atoms with E-state index in [9.17, 15) is 0 Å². The molecule has 2 aromatic rings.